The van der Waals surface area contributed by atoms with Crippen molar-refractivity contribution in [1.29, 1.82) is 5.26 Å². The molecule has 0 spiro atoms. The summed E-state index contributed by atoms with van der Waals surface area (Å²) >= 11 is 0. The van der Waals surface area contributed by atoms with E-state index in [1.54, 1.807) is 18.3 Å². The Hall–Kier alpha value is -3.43. The molecule has 3 aromatic rings. The summed E-state index contributed by atoms with van der Waals surface area (Å²) in [5.74, 6) is 0.538. The van der Waals surface area contributed by atoms with Crippen molar-refractivity contribution in [1.82, 2.24) is 9.97 Å². The van der Waals surface area contributed by atoms with Crippen molar-refractivity contribution in [2.45, 2.75) is 18.9 Å². The number of pyridine rings is 1. The van der Waals surface area contributed by atoms with E-state index < -0.39 is 0 Å². The Balaban J connectivity index is 1.58. The van der Waals surface area contributed by atoms with E-state index in [9.17, 15) is 14.8 Å². The maximum absolute atomic E-state index is 13.0. The normalized spacial score (nSPS) is 15.0. The Kier molecular flexibility index (Phi) is 5.41. The fourth-order valence-corrected chi connectivity index (χ4v) is 3.49. The largest absolute Gasteiger partial charge is 0.393 e. The van der Waals surface area contributed by atoms with Crippen LogP contribution in [0.3, 0.4) is 0 Å². The molecular formula is C23H21FN4O. The number of aliphatic hydroxyl groups excluding tert-OH is 1. The molecule has 3 heterocycles. The molecule has 2 N–H and O–H groups in total. The van der Waals surface area contributed by atoms with Gasteiger partial charge in [-0.1, -0.05) is 18.2 Å². The van der Waals surface area contributed by atoms with E-state index in [2.05, 4.69) is 20.9 Å². The number of nitrogens with one attached hydrogen (secondary N) is 1. The van der Waals surface area contributed by atoms with Crippen molar-refractivity contribution < 1.29 is 9.50 Å². The SMILES string of the molecule is N#Cc1cc(-c2ccnc(/C=C/c3ccc(F)cc3)c2)[nH]c1N1CCC(O)CC1. The molecule has 0 atom stereocenters. The van der Waals surface area contributed by atoms with Gasteiger partial charge in [0.1, 0.15) is 17.7 Å². The number of halogens is 1. The Labute approximate surface area is 168 Å². The quantitative estimate of drug-likeness (QED) is 0.702. The minimum absolute atomic E-state index is 0.262. The number of hydrogen-bond donors (Lipinski definition) is 2. The first-order valence-electron chi connectivity index (χ1n) is 9.58. The zero-order valence-electron chi connectivity index (χ0n) is 15.8. The van der Waals surface area contributed by atoms with Gasteiger partial charge in [-0.3, -0.25) is 4.98 Å². The number of piperidine rings is 1. The topological polar surface area (TPSA) is 75.9 Å². The lowest BCUT2D eigenvalue weighted by Crippen LogP contribution is -2.36. The van der Waals surface area contributed by atoms with Gasteiger partial charge in [0.05, 0.1) is 17.4 Å². The van der Waals surface area contributed by atoms with Crippen molar-refractivity contribution in [2.24, 2.45) is 0 Å². The molecular weight excluding hydrogens is 367 g/mol. The lowest BCUT2D eigenvalue weighted by Gasteiger charge is -2.30. The van der Waals surface area contributed by atoms with Crippen LogP contribution in [-0.2, 0) is 0 Å². The van der Waals surface area contributed by atoms with Crippen molar-refractivity contribution in [3.05, 3.63) is 71.3 Å². The van der Waals surface area contributed by atoms with Gasteiger partial charge in [-0.15, -0.1) is 0 Å². The van der Waals surface area contributed by atoms with Crippen molar-refractivity contribution in [3.8, 4) is 17.3 Å². The smallest absolute Gasteiger partial charge is 0.124 e. The molecule has 1 saturated heterocycles. The molecule has 6 heteroatoms. The van der Waals surface area contributed by atoms with Crippen molar-refractivity contribution in [3.63, 3.8) is 0 Å². The zero-order valence-corrected chi connectivity index (χ0v) is 15.8. The molecule has 4 rings (SSSR count). The average Bonchev–Trinajstić information content (AvgIpc) is 3.19. The Bertz CT molecular complexity index is 1060. The molecule has 29 heavy (non-hydrogen) atoms. The summed E-state index contributed by atoms with van der Waals surface area (Å²) in [4.78, 5) is 9.85. The van der Waals surface area contributed by atoms with Crippen LogP contribution in [0.2, 0.25) is 0 Å². The van der Waals surface area contributed by atoms with E-state index in [-0.39, 0.29) is 11.9 Å². The van der Waals surface area contributed by atoms with Crippen LogP contribution < -0.4 is 4.90 Å². The van der Waals surface area contributed by atoms with Crippen LogP contribution in [0, 0.1) is 17.1 Å². The fourth-order valence-electron chi connectivity index (χ4n) is 3.49. The van der Waals surface area contributed by atoms with Crippen LogP contribution in [-0.4, -0.2) is 34.3 Å². The number of anilines is 1. The summed E-state index contributed by atoms with van der Waals surface area (Å²) in [6, 6.07) is 14.2. The average molecular weight is 388 g/mol. The second-order valence-electron chi connectivity index (χ2n) is 7.13. The Morgan fingerprint density at radius 2 is 1.90 bits per heavy atom. The van der Waals surface area contributed by atoms with E-state index >= 15 is 0 Å². The summed E-state index contributed by atoms with van der Waals surface area (Å²) in [5, 5.41) is 19.3. The van der Waals surface area contributed by atoms with E-state index in [0.717, 1.165) is 41.4 Å². The second-order valence-corrected chi connectivity index (χ2v) is 7.13. The Morgan fingerprint density at radius 1 is 1.14 bits per heavy atom. The summed E-state index contributed by atoms with van der Waals surface area (Å²) in [7, 11) is 0. The number of nitrogens with zero attached hydrogens (tertiary/aromatic N) is 3. The lowest BCUT2D eigenvalue weighted by molar-refractivity contribution is 0.145. The molecule has 0 amide bonds. The number of rotatable bonds is 4. The number of hydrogen-bond acceptors (Lipinski definition) is 4. The van der Waals surface area contributed by atoms with E-state index in [4.69, 9.17) is 0 Å². The number of aromatic amines is 1. The third-order valence-electron chi connectivity index (χ3n) is 5.11. The van der Waals surface area contributed by atoms with Gasteiger partial charge in [0.2, 0.25) is 0 Å². The predicted octanol–water partition coefficient (Wildman–Crippen LogP) is 4.22. The maximum Gasteiger partial charge on any atom is 0.124 e. The van der Waals surface area contributed by atoms with E-state index in [1.165, 1.54) is 12.1 Å². The minimum atomic E-state index is -0.263. The number of benzene rings is 1. The molecule has 1 fully saturated rings. The van der Waals surface area contributed by atoms with Gasteiger partial charge in [0.15, 0.2) is 0 Å². The number of H-pyrrole nitrogens is 1. The molecule has 1 aliphatic rings. The van der Waals surface area contributed by atoms with Crippen LogP contribution in [0.4, 0.5) is 10.2 Å². The molecule has 0 aliphatic carbocycles. The highest BCUT2D eigenvalue weighted by molar-refractivity contribution is 5.73. The standard InChI is InChI=1S/C23H21FN4O/c24-19-4-1-16(2-5-19)3-6-20-13-17(7-10-26-20)22-14-18(15-25)23(27-22)28-11-8-21(29)9-12-28/h1-7,10,13-14,21,27,29H,8-9,11-12H2/b6-3+. The molecule has 0 unspecified atom stereocenters. The molecule has 0 bridgehead atoms. The fraction of sp³-hybridized carbons (Fsp3) is 0.217. The van der Waals surface area contributed by atoms with E-state index in [0.29, 0.717) is 18.4 Å². The van der Waals surface area contributed by atoms with Crippen molar-refractivity contribution >= 4 is 18.0 Å². The van der Waals surface area contributed by atoms with Crippen LogP contribution in [0.5, 0.6) is 0 Å². The highest BCUT2D eigenvalue weighted by Gasteiger charge is 2.21. The number of aliphatic hydroxyl groups is 1. The highest BCUT2D eigenvalue weighted by Crippen LogP contribution is 2.29. The molecule has 1 aliphatic heterocycles. The molecule has 5 nitrogen and oxygen atoms in total. The Morgan fingerprint density at radius 3 is 2.62 bits per heavy atom. The third kappa shape index (κ3) is 4.36. The molecule has 1 aromatic carbocycles. The summed E-state index contributed by atoms with van der Waals surface area (Å²) < 4.78 is 13.0. The highest BCUT2D eigenvalue weighted by atomic mass is 19.1. The first kappa shape index (κ1) is 18.9. The van der Waals surface area contributed by atoms with Gasteiger partial charge in [0.25, 0.3) is 0 Å². The number of nitriles is 1. The van der Waals surface area contributed by atoms with Gasteiger partial charge in [-0.2, -0.15) is 5.26 Å². The van der Waals surface area contributed by atoms with E-state index in [1.807, 2.05) is 30.4 Å². The zero-order chi connectivity index (χ0) is 20.2. The number of aromatic nitrogens is 2. The lowest BCUT2D eigenvalue weighted by atomic mass is 10.1. The van der Waals surface area contributed by atoms with Gasteiger partial charge >= 0.3 is 0 Å². The van der Waals surface area contributed by atoms with Crippen LogP contribution in [0.25, 0.3) is 23.4 Å². The van der Waals surface area contributed by atoms with Crippen LogP contribution in [0.1, 0.15) is 29.7 Å². The molecule has 0 radical (unpaired) electrons. The second kappa shape index (κ2) is 8.29. The molecule has 0 saturated carbocycles. The first-order valence-corrected chi connectivity index (χ1v) is 9.58. The van der Waals surface area contributed by atoms with Gasteiger partial charge < -0.3 is 15.0 Å². The minimum Gasteiger partial charge on any atom is -0.393 e. The van der Waals surface area contributed by atoms with Gasteiger partial charge in [0, 0.05) is 30.5 Å². The summed E-state index contributed by atoms with van der Waals surface area (Å²) in [6.45, 7) is 1.44. The first-order chi connectivity index (χ1) is 14.1. The predicted molar refractivity (Wildman–Crippen MR) is 112 cm³/mol. The van der Waals surface area contributed by atoms with Gasteiger partial charge in [-0.05, 0) is 54.8 Å². The van der Waals surface area contributed by atoms with Crippen LogP contribution >= 0.6 is 0 Å². The molecule has 146 valence electrons. The third-order valence-corrected chi connectivity index (χ3v) is 5.11. The van der Waals surface area contributed by atoms with Crippen molar-refractivity contribution in [2.75, 3.05) is 18.0 Å². The monoisotopic (exact) mass is 388 g/mol. The summed E-state index contributed by atoms with van der Waals surface area (Å²) in [6.07, 6.45) is 6.62. The summed E-state index contributed by atoms with van der Waals surface area (Å²) in [5.41, 5.74) is 4.03. The van der Waals surface area contributed by atoms with Gasteiger partial charge in [-0.25, -0.2) is 4.39 Å². The maximum atomic E-state index is 13.0. The van der Waals surface area contributed by atoms with Crippen LogP contribution in [0.15, 0.2) is 48.7 Å². The molecule has 2 aromatic heterocycles.